The molecular weight excluding hydrogens is 438 g/mol. The van der Waals surface area contributed by atoms with Crippen molar-refractivity contribution >= 4 is 29.3 Å². The van der Waals surface area contributed by atoms with E-state index in [0.29, 0.717) is 33.9 Å². The monoisotopic (exact) mass is 459 g/mol. The Morgan fingerprint density at radius 3 is 2.29 bits per heavy atom. The highest BCUT2D eigenvalue weighted by Crippen LogP contribution is 2.34. The van der Waals surface area contributed by atoms with Crippen LogP contribution in [0.4, 0.5) is 0 Å². The van der Waals surface area contributed by atoms with Gasteiger partial charge in [-0.15, -0.1) is 0 Å². The predicted molar refractivity (Wildman–Crippen MR) is 121 cm³/mol. The number of rotatable bonds is 9. The molecule has 0 aliphatic carbocycles. The summed E-state index contributed by atoms with van der Waals surface area (Å²) in [6, 6.07) is 15.0. The topological polar surface area (TPSA) is 93.6 Å². The number of amides is 1. The zero-order chi connectivity index (χ0) is 22.2. The number of carbonyl (C=O) groups is 1. The van der Waals surface area contributed by atoms with Crippen LogP contribution in [0.1, 0.15) is 12.8 Å². The maximum Gasteiger partial charge on any atom is 0.243 e. The van der Waals surface area contributed by atoms with Crippen molar-refractivity contribution in [1.82, 2.24) is 15.4 Å². The Morgan fingerprint density at radius 2 is 1.65 bits per heavy atom. The van der Waals surface area contributed by atoms with Crippen LogP contribution in [0.2, 0.25) is 5.02 Å². The minimum Gasteiger partial charge on any atom is -0.493 e. The maximum atomic E-state index is 11.2. The first-order valence-corrected chi connectivity index (χ1v) is 10.8. The average Bonchev–Trinajstić information content (AvgIpc) is 2.81. The van der Waals surface area contributed by atoms with E-state index < -0.39 is 5.91 Å². The van der Waals surface area contributed by atoms with Crippen LogP contribution in [0.25, 0.3) is 22.5 Å². The zero-order valence-electron chi connectivity index (χ0n) is 17.1. The molecule has 2 N–H and O–H groups in total. The van der Waals surface area contributed by atoms with Gasteiger partial charge in [0.15, 0.2) is 16.7 Å². The van der Waals surface area contributed by atoms with E-state index in [-0.39, 0.29) is 6.42 Å². The Bertz CT molecular complexity index is 1050. The number of nitrogens with one attached hydrogen (secondary N) is 1. The molecule has 0 bridgehead atoms. The Labute approximate surface area is 189 Å². The number of hydroxylamine groups is 1. The molecule has 7 nitrogen and oxygen atoms in total. The van der Waals surface area contributed by atoms with E-state index in [1.165, 1.54) is 11.8 Å². The molecule has 1 aromatic heterocycles. The van der Waals surface area contributed by atoms with Gasteiger partial charge in [0.25, 0.3) is 0 Å². The lowest BCUT2D eigenvalue weighted by molar-refractivity contribution is -0.129. The molecule has 0 aliphatic heterocycles. The predicted octanol–water partition coefficient (Wildman–Crippen LogP) is 4.86. The van der Waals surface area contributed by atoms with Gasteiger partial charge in [-0.25, -0.2) is 15.4 Å². The second-order valence-electron chi connectivity index (χ2n) is 6.48. The Balaban J connectivity index is 1.94. The molecule has 0 unspecified atom stereocenters. The third-order valence-corrected chi connectivity index (χ3v) is 5.61. The average molecular weight is 460 g/mol. The lowest BCUT2D eigenvalue weighted by Gasteiger charge is -2.11. The summed E-state index contributed by atoms with van der Waals surface area (Å²) in [5, 5.41) is 9.85. The van der Waals surface area contributed by atoms with E-state index >= 15 is 0 Å². The number of benzene rings is 2. The quantitative estimate of drug-likeness (QED) is 0.155. The highest BCUT2D eigenvalue weighted by atomic mass is 35.5. The van der Waals surface area contributed by atoms with Crippen LogP contribution in [-0.4, -0.2) is 41.1 Å². The highest BCUT2D eigenvalue weighted by Gasteiger charge is 2.12. The molecule has 0 atom stereocenters. The number of methoxy groups -OCH3 is 2. The minimum atomic E-state index is -0.414. The van der Waals surface area contributed by atoms with Gasteiger partial charge in [0.2, 0.25) is 5.91 Å². The van der Waals surface area contributed by atoms with E-state index in [2.05, 4.69) is 4.98 Å². The number of aromatic nitrogens is 2. The van der Waals surface area contributed by atoms with Crippen LogP contribution in [0.3, 0.4) is 0 Å². The van der Waals surface area contributed by atoms with Crippen LogP contribution in [0.15, 0.2) is 53.7 Å². The molecule has 0 saturated heterocycles. The van der Waals surface area contributed by atoms with Crippen molar-refractivity contribution in [3.05, 3.63) is 53.6 Å². The standard InChI is InChI=1S/C22H22ClN3O4S/c1-29-19-10-7-15(12-20(19)30-2)18-13-17(14-5-8-16(23)9-6-14)24-22(25-18)31-11-3-4-21(27)26-28/h5-10,12-13,28H,3-4,11H2,1-2H3,(H,26,27). The van der Waals surface area contributed by atoms with Gasteiger partial charge in [-0.2, -0.15) is 0 Å². The third kappa shape index (κ3) is 6.10. The number of carbonyl (C=O) groups excluding carboxylic acids is 1. The van der Waals surface area contributed by atoms with E-state index in [0.717, 1.165) is 22.5 Å². The molecule has 0 radical (unpaired) electrons. The molecule has 3 aromatic rings. The first kappa shape index (κ1) is 22.9. The number of hydrogen-bond acceptors (Lipinski definition) is 7. The van der Waals surface area contributed by atoms with Crippen molar-refractivity contribution in [3.8, 4) is 34.0 Å². The summed E-state index contributed by atoms with van der Waals surface area (Å²) >= 11 is 7.47. The van der Waals surface area contributed by atoms with Crippen LogP contribution >= 0.6 is 23.4 Å². The number of ether oxygens (including phenoxy) is 2. The number of hydrogen-bond donors (Lipinski definition) is 2. The summed E-state index contributed by atoms with van der Waals surface area (Å²) < 4.78 is 10.7. The maximum absolute atomic E-state index is 11.2. The van der Waals surface area contributed by atoms with Gasteiger partial charge in [0, 0.05) is 28.3 Å². The smallest absolute Gasteiger partial charge is 0.243 e. The molecule has 0 spiro atoms. The summed E-state index contributed by atoms with van der Waals surface area (Å²) in [4.78, 5) is 20.6. The van der Waals surface area contributed by atoms with Crippen molar-refractivity contribution in [1.29, 1.82) is 0 Å². The zero-order valence-corrected chi connectivity index (χ0v) is 18.7. The fraction of sp³-hybridized carbons (Fsp3) is 0.227. The number of nitrogens with zero attached hydrogens (tertiary/aromatic N) is 2. The molecule has 0 fully saturated rings. The van der Waals surface area contributed by atoms with E-state index in [9.17, 15) is 4.79 Å². The summed E-state index contributed by atoms with van der Waals surface area (Å²) in [6.45, 7) is 0. The minimum absolute atomic E-state index is 0.225. The second-order valence-corrected chi connectivity index (χ2v) is 7.98. The summed E-state index contributed by atoms with van der Waals surface area (Å²) in [6.07, 6.45) is 0.806. The number of thioether (sulfide) groups is 1. The first-order valence-electron chi connectivity index (χ1n) is 9.47. The van der Waals surface area contributed by atoms with Gasteiger partial charge < -0.3 is 9.47 Å². The summed E-state index contributed by atoms with van der Waals surface area (Å²) in [5.74, 6) is 1.45. The van der Waals surface area contributed by atoms with Crippen LogP contribution < -0.4 is 15.0 Å². The van der Waals surface area contributed by atoms with Gasteiger partial charge >= 0.3 is 0 Å². The highest BCUT2D eigenvalue weighted by molar-refractivity contribution is 7.99. The second kappa shape index (κ2) is 11.0. The lowest BCUT2D eigenvalue weighted by atomic mass is 10.1. The van der Waals surface area contributed by atoms with E-state index in [1.54, 1.807) is 19.7 Å². The molecule has 1 heterocycles. The normalized spacial score (nSPS) is 10.6. The Morgan fingerprint density at radius 1 is 1.00 bits per heavy atom. The molecule has 31 heavy (non-hydrogen) atoms. The Kier molecular flexibility index (Phi) is 8.11. The van der Waals surface area contributed by atoms with Crippen molar-refractivity contribution < 1.29 is 19.5 Å². The molecule has 3 rings (SSSR count). The van der Waals surface area contributed by atoms with Crippen molar-refractivity contribution in [2.24, 2.45) is 0 Å². The SMILES string of the molecule is COc1ccc(-c2cc(-c3ccc(Cl)cc3)nc(SCCCC(=O)NO)n2)cc1OC. The number of halogens is 1. The molecule has 1 amide bonds. The van der Waals surface area contributed by atoms with Crippen molar-refractivity contribution in [2.45, 2.75) is 18.0 Å². The Hall–Kier alpha value is -2.81. The molecule has 162 valence electrons. The lowest BCUT2D eigenvalue weighted by Crippen LogP contribution is -2.18. The van der Waals surface area contributed by atoms with Crippen LogP contribution in [0, 0.1) is 0 Å². The fourth-order valence-corrected chi connectivity index (χ4v) is 3.78. The van der Waals surface area contributed by atoms with E-state index in [4.69, 9.17) is 31.3 Å². The molecule has 0 aliphatic rings. The molecule has 0 saturated carbocycles. The van der Waals surface area contributed by atoms with Gasteiger partial charge in [-0.05, 0) is 42.8 Å². The molecule has 9 heteroatoms. The molecule has 2 aromatic carbocycles. The van der Waals surface area contributed by atoms with Crippen LogP contribution in [-0.2, 0) is 4.79 Å². The molecular formula is C22H22ClN3O4S. The van der Waals surface area contributed by atoms with Crippen molar-refractivity contribution in [3.63, 3.8) is 0 Å². The first-order chi connectivity index (χ1) is 15.0. The van der Waals surface area contributed by atoms with Gasteiger partial charge in [-0.1, -0.05) is 35.5 Å². The van der Waals surface area contributed by atoms with Gasteiger partial charge in [-0.3, -0.25) is 10.0 Å². The van der Waals surface area contributed by atoms with Crippen molar-refractivity contribution in [2.75, 3.05) is 20.0 Å². The van der Waals surface area contributed by atoms with Gasteiger partial charge in [0.1, 0.15) is 0 Å². The third-order valence-electron chi connectivity index (χ3n) is 4.43. The largest absolute Gasteiger partial charge is 0.493 e. The fourth-order valence-electron chi connectivity index (χ4n) is 2.85. The summed E-state index contributed by atoms with van der Waals surface area (Å²) in [7, 11) is 3.18. The van der Waals surface area contributed by atoms with Gasteiger partial charge in [0.05, 0.1) is 25.6 Å². The summed E-state index contributed by atoms with van der Waals surface area (Å²) in [5.41, 5.74) is 4.90. The van der Waals surface area contributed by atoms with Crippen LogP contribution in [0.5, 0.6) is 11.5 Å². The van der Waals surface area contributed by atoms with E-state index in [1.807, 2.05) is 48.5 Å².